The van der Waals surface area contributed by atoms with E-state index in [9.17, 15) is 4.79 Å². The summed E-state index contributed by atoms with van der Waals surface area (Å²) in [5, 5.41) is 12.4. The molecule has 2 N–H and O–H groups in total. The van der Waals surface area contributed by atoms with Gasteiger partial charge in [-0.2, -0.15) is 0 Å². The van der Waals surface area contributed by atoms with Crippen molar-refractivity contribution < 1.29 is 9.90 Å². The van der Waals surface area contributed by atoms with E-state index in [0.29, 0.717) is 29.8 Å². The Morgan fingerprint density at radius 3 is 2.85 bits per heavy atom. The SMILES string of the molecule is CCc1nc(Cl)cc(NCc2cccc(C(=O)O)c2)n1. The van der Waals surface area contributed by atoms with Crippen molar-refractivity contribution in [2.75, 3.05) is 5.32 Å². The smallest absolute Gasteiger partial charge is 0.335 e. The molecule has 0 aliphatic rings. The highest BCUT2D eigenvalue weighted by atomic mass is 35.5. The zero-order valence-electron chi connectivity index (χ0n) is 10.9. The fraction of sp³-hybridized carbons (Fsp3) is 0.214. The van der Waals surface area contributed by atoms with E-state index >= 15 is 0 Å². The van der Waals surface area contributed by atoms with Gasteiger partial charge in [0.1, 0.15) is 16.8 Å². The van der Waals surface area contributed by atoms with Crippen LogP contribution in [0.5, 0.6) is 0 Å². The molecule has 0 fully saturated rings. The van der Waals surface area contributed by atoms with Crippen molar-refractivity contribution in [2.24, 2.45) is 0 Å². The molecule has 1 aromatic carbocycles. The number of halogens is 1. The number of carbonyl (C=O) groups is 1. The number of carboxylic acids is 1. The van der Waals surface area contributed by atoms with Gasteiger partial charge in [0.05, 0.1) is 5.56 Å². The molecule has 5 nitrogen and oxygen atoms in total. The van der Waals surface area contributed by atoms with Crippen molar-refractivity contribution in [2.45, 2.75) is 19.9 Å². The predicted molar refractivity (Wildman–Crippen MR) is 77.1 cm³/mol. The number of nitrogens with zero attached hydrogens (tertiary/aromatic N) is 2. The Morgan fingerprint density at radius 1 is 1.35 bits per heavy atom. The van der Waals surface area contributed by atoms with Gasteiger partial charge in [-0.15, -0.1) is 0 Å². The van der Waals surface area contributed by atoms with Gasteiger partial charge in [-0.3, -0.25) is 0 Å². The molecule has 0 radical (unpaired) electrons. The predicted octanol–water partition coefficient (Wildman–Crippen LogP) is 3.00. The van der Waals surface area contributed by atoms with E-state index in [-0.39, 0.29) is 5.56 Å². The topological polar surface area (TPSA) is 75.1 Å². The average Bonchev–Trinajstić information content (AvgIpc) is 2.44. The molecule has 0 saturated carbocycles. The summed E-state index contributed by atoms with van der Waals surface area (Å²) in [7, 11) is 0. The van der Waals surface area contributed by atoms with Crippen LogP contribution in [-0.4, -0.2) is 21.0 Å². The maximum absolute atomic E-state index is 10.9. The zero-order valence-corrected chi connectivity index (χ0v) is 11.7. The lowest BCUT2D eigenvalue weighted by Crippen LogP contribution is -2.05. The maximum Gasteiger partial charge on any atom is 0.335 e. The first-order valence-electron chi connectivity index (χ1n) is 6.18. The summed E-state index contributed by atoms with van der Waals surface area (Å²) in [4.78, 5) is 19.3. The molecular weight excluding hydrogens is 278 g/mol. The van der Waals surface area contributed by atoms with E-state index in [2.05, 4.69) is 15.3 Å². The molecule has 0 spiro atoms. The van der Waals surface area contributed by atoms with Gasteiger partial charge in [0.2, 0.25) is 0 Å². The average molecular weight is 292 g/mol. The van der Waals surface area contributed by atoms with Crippen molar-refractivity contribution >= 4 is 23.4 Å². The Bertz CT molecular complexity index is 632. The van der Waals surface area contributed by atoms with Crippen LogP contribution in [-0.2, 0) is 13.0 Å². The molecule has 20 heavy (non-hydrogen) atoms. The summed E-state index contributed by atoms with van der Waals surface area (Å²) >= 11 is 5.91. The molecule has 1 aromatic heterocycles. The Hall–Kier alpha value is -2.14. The van der Waals surface area contributed by atoms with Crippen molar-refractivity contribution in [3.05, 3.63) is 52.4 Å². The third kappa shape index (κ3) is 3.68. The number of carboxylic acid groups (broad SMARTS) is 1. The highest BCUT2D eigenvalue weighted by Crippen LogP contribution is 2.13. The minimum atomic E-state index is -0.940. The van der Waals surface area contributed by atoms with Crippen LogP contribution in [0.15, 0.2) is 30.3 Å². The fourth-order valence-corrected chi connectivity index (χ4v) is 1.92. The van der Waals surface area contributed by atoms with E-state index in [1.807, 2.05) is 13.0 Å². The quantitative estimate of drug-likeness (QED) is 0.828. The number of nitrogens with one attached hydrogen (secondary N) is 1. The molecule has 0 bridgehead atoms. The van der Waals surface area contributed by atoms with E-state index < -0.39 is 5.97 Å². The van der Waals surface area contributed by atoms with Crippen LogP contribution in [0.2, 0.25) is 5.15 Å². The normalized spacial score (nSPS) is 10.3. The van der Waals surface area contributed by atoms with E-state index in [1.165, 1.54) is 0 Å². The second-order valence-electron chi connectivity index (χ2n) is 4.20. The van der Waals surface area contributed by atoms with Crippen LogP contribution in [0, 0.1) is 0 Å². The van der Waals surface area contributed by atoms with Gasteiger partial charge in [0.15, 0.2) is 0 Å². The number of aromatic nitrogens is 2. The fourth-order valence-electron chi connectivity index (χ4n) is 1.72. The number of hydrogen-bond donors (Lipinski definition) is 2. The number of aryl methyl sites for hydroxylation is 1. The monoisotopic (exact) mass is 291 g/mol. The minimum absolute atomic E-state index is 0.263. The molecule has 2 aromatic rings. The Morgan fingerprint density at radius 2 is 2.15 bits per heavy atom. The number of rotatable bonds is 5. The summed E-state index contributed by atoms with van der Waals surface area (Å²) in [6, 6.07) is 8.39. The van der Waals surface area contributed by atoms with Gasteiger partial charge < -0.3 is 10.4 Å². The lowest BCUT2D eigenvalue weighted by atomic mass is 10.1. The molecule has 104 valence electrons. The van der Waals surface area contributed by atoms with E-state index in [1.54, 1.807) is 24.3 Å². The third-order valence-electron chi connectivity index (χ3n) is 2.70. The maximum atomic E-state index is 10.9. The van der Waals surface area contributed by atoms with Gasteiger partial charge in [-0.05, 0) is 17.7 Å². The second kappa shape index (κ2) is 6.34. The van der Waals surface area contributed by atoms with Crippen molar-refractivity contribution in [3.63, 3.8) is 0 Å². The van der Waals surface area contributed by atoms with Crippen molar-refractivity contribution in [1.29, 1.82) is 0 Å². The Labute approximate surface area is 121 Å². The summed E-state index contributed by atoms with van der Waals surface area (Å²) in [5.74, 6) is 0.354. The standard InChI is InChI=1S/C14H14ClN3O2/c1-2-12-17-11(15)7-13(18-12)16-8-9-4-3-5-10(6-9)14(19)20/h3-7H,2,8H2,1H3,(H,19,20)(H,16,17,18). The van der Waals surface area contributed by atoms with Gasteiger partial charge in [0.25, 0.3) is 0 Å². The van der Waals surface area contributed by atoms with Crippen LogP contribution < -0.4 is 5.32 Å². The summed E-state index contributed by atoms with van der Waals surface area (Å²) in [6.45, 7) is 2.42. The summed E-state index contributed by atoms with van der Waals surface area (Å²) in [6.07, 6.45) is 0.698. The number of aromatic carboxylic acids is 1. The highest BCUT2D eigenvalue weighted by molar-refractivity contribution is 6.29. The first-order valence-corrected chi connectivity index (χ1v) is 6.56. The first-order chi connectivity index (χ1) is 9.58. The van der Waals surface area contributed by atoms with Crippen LogP contribution in [0.3, 0.4) is 0 Å². The molecule has 6 heteroatoms. The second-order valence-corrected chi connectivity index (χ2v) is 4.59. The Balaban J connectivity index is 2.10. The molecule has 0 amide bonds. The molecule has 0 saturated heterocycles. The number of benzene rings is 1. The highest BCUT2D eigenvalue weighted by Gasteiger charge is 2.05. The first kappa shape index (κ1) is 14.3. The van der Waals surface area contributed by atoms with Gasteiger partial charge in [-0.25, -0.2) is 14.8 Å². The molecule has 1 heterocycles. The van der Waals surface area contributed by atoms with Crippen LogP contribution >= 0.6 is 11.6 Å². The largest absolute Gasteiger partial charge is 0.478 e. The Kier molecular flexibility index (Phi) is 4.53. The van der Waals surface area contributed by atoms with Gasteiger partial charge in [-0.1, -0.05) is 30.7 Å². The van der Waals surface area contributed by atoms with E-state index in [4.69, 9.17) is 16.7 Å². The molecule has 0 unspecified atom stereocenters. The van der Waals surface area contributed by atoms with Gasteiger partial charge in [0, 0.05) is 19.0 Å². The van der Waals surface area contributed by atoms with Crippen LogP contribution in [0.4, 0.5) is 5.82 Å². The lowest BCUT2D eigenvalue weighted by Gasteiger charge is -2.08. The van der Waals surface area contributed by atoms with Crippen molar-refractivity contribution in [3.8, 4) is 0 Å². The minimum Gasteiger partial charge on any atom is -0.478 e. The molecule has 2 rings (SSSR count). The summed E-state index contributed by atoms with van der Waals surface area (Å²) < 4.78 is 0. The molecular formula is C14H14ClN3O2. The zero-order chi connectivity index (χ0) is 14.5. The van der Waals surface area contributed by atoms with Crippen LogP contribution in [0.25, 0.3) is 0 Å². The number of hydrogen-bond acceptors (Lipinski definition) is 4. The van der Waals surface area contributed by atoms with Crippen molar-refractivity contribution in [1.82, 2.24) is 9.97 Å². The number of anilines is 1. The summed E-state index contributed by atoms with van der Waals surface area (Å²) in [5.41, 5.74) is 1.12. The third-order valence-corrected chi connectivity index (χ3v) is 2.90. The van der Waals surface area contributed by atoms with E-state index in [0.717, 1.165) is 5.56 Å². The molecule has 0 aliphatic carbocycles. The molecule has 0 aliphatic heterocycles. The van der Waals surface area contributed by atoms with Gasteiger partial charge >= 0.3 is 5.97 Å². The van der Waals surface area contributed by atoms with Crippen LogP contribution in [0.1, 0.15) is 28.7 Å². The molecule has 0 atom stereocenters. The lowest BCUT2D eigenvalue weighted by molar-refractivity contribution is 0.0697.